The van der Waals surface area contributed by atoms with E-state index >= 15 is 0 Å². The lowest BCUT2D eigenvalue weighted by Gasteiger charge is -2.06. The normalized spacial score (nSPS) is 10.4. The molecule has 3 heteroatoms. The van der Waals surface area contributed by atoms with Crippen molar-refractivity contribution in [1.82, 2.24) is 9.55 Å². The molecule has 0 aliphatic carbocycles. The Morgan fingerprint density at radius 2 is 1.88 bits per heavy atom. The van der Waals surface area contributed by atoms with Gasteiger partial charge in [0.2, 0.25) is 0 Å². The van der Waals surface area contributed by atoms with Crippen LogP contribution in [0.3, 0.4) is 0 Å². The summed E-state index contributed by atoms with van der Waals surface area (Å²) in [6, 6.07) is 8.12. The number of hydrogen-bond acceptors (Lipinski definition) is 2. The second-order valence-corrected chi connectivity index (χ2v) is 3.91. The zero-order chi connectivity index (χ0) is 11.5. The summed E-state index contributed by atoms with van der Waals surface area (Å²) in [6.45, 7) is 4.89. The molecule has 0 N–H and O–H groups in total. The first kappa shape index (κ1) is 10.7. The minimum Gasteiger partial charge on any atom is -0.497 e. The van der Waals surface area contributed by atoms with Crippen LogP contribution in [-0.4, -0.2) is 16.7 Å². The number of nitrogens with zero attached hydrogens (tertiary/aromatic N) is 2. The van der Waals surface area contributed by atoms with Crippen molar-refractivity contribution in [3.05, 3.63) is 47.5 Å². The predicted octanol–water partition coefficient (Wildman–Crippen LogP) is 2.56. The van der Waals surface area contributed by atoms with Gasteiger partial charge in [-0.25, -0.2) is 4.98 Å². The van der Waals surface area contributed by atoms with Crippen molar-refractivity contribution in [2.45, 2.75) is 20.4 Å². The molecule has 0 amide bonds. The molecule has 0 unspecified atom stereocenters. The molecule has 0 radical (unpaired) electrons. The molecule has 0 fully saturated rings. The molecule has 0 saturated heterocycles. The second kappa shape index (κ2) is 4.39. The third-order valence-electron chi connectivity index (χ3n) is 2.61. The van der Waals surface area contributed by atoms with Crippen LogP contribution in [0.25, 0.3) is 0 Å². The Morgan fingerprint density at radius 3 is 2.38 bits per heavy atom. The van der Waals surface area contributed by atoms with Gasteiger partial charge in [-0.15, -0.1) is 0 Å². The van der Waals surface area contributed by atoms with E-state index < -0.39 is 0 Å². The summed E-state index contributed by atoms with van der Waals surface area (Å²) in [5.41, 5.74) is 2.31. The Hall–Kier alpha value is -1.77. The smallest absolute Gasteiger partial charge is 0.118 e. The van der Waals surface area contributed by atoms with Crippen LogP contribution in [0.15, 0.2) is 30.5 Å². The van der Waals surface area contributed by atoms with Crippen LogP contribution in [-0.2, 0) is 6.54 Å². The van der Waals surface area contributed by atoms with Crippen LogP contribution in [0.5, 0.6) is 5.75 Å². The summed E-state index contributed by atoms with van der Waals surface area (Å²) < 4.78 is 7.28. The van der Waals surface area contributed by atoms with Crippen molar-refractivity contribution in [3.8, 4) is 5.75 Å². The molecule has 1 aromatic carbocycles. The SMILES string of the molecule is COc1ccc(Cn2cc(C)nc2C)cc1. The van der Waals surface area contributed by atoms with E-state index in [1.165, 1.54) is 5.56 Å². The number of imidazole rings is 1. The van der Waals surface area contributed by atoms with Crippen molar-refractivity contribution >= 4 is 0 Å². The molecule has 1 heterocycles. The van der Waals surface area contributed by atoms with Gasteiger partial charge in [0.15, 0.2) is 0 Å². The Morgan fingerprint density at radius 1 is 1.19 bits per heavy atom. The molecular weight excluding hydrogens is 200 g/mol. The third kappa shape index (κ3) is 2.24. The van der Waals surface area contributed by atoms with Gasteiger partial charge in [-0.1, -0.05) is 12.1 Å². The van der Waals surface area contributed by atoms with Gasteiger partial charge in [0.1, 0.15) is 11.6 Å². The summed E-state index contributed by atoms with van der Waals surface area (Å²) >= 11 is 0. The highest BCUT2D eigenvalue weighted by Gasteiger charge is 2.01. The highest BCUT2D eigenvalue weighted by molar-refractivity contribution is 5.27. The lowest BCUT2D eigenvalue weighted by molar-refractivity contribution is 0.414. The Balaban J connectivity index is 2.17. The second-order valence-electron chi connectivity index (χ2n) is 3.91. The first-order valence-electron chi connectivity index (χ1n) is 5.32. The fourth-order valence-corrected chi connectivity index (χ4v) is 1.75. The van der Waals surface area contributed by atoms with Crippen molar-refractivity contribution in [2.75, 3.05) is 7.11 Å². The Bertz CT molecular complexity index is 471. The molecule has 0 aliphatic rings. The molecule has 16 heavy (non-hydrogen) atoms. The molecule has 3 nitrogen and oxygen atoms in total. The fraction of sp³-hybridized carbons (Fsp3) is 0.308. The first-order chi connectivity index (χ1) is 7.69. The average Bonchev–Trinajstić information content (AvgIpc) is 2.59. The van der Waals surface area contributed by atoms with Crippen molar-refractivity contribution in [1.29, 1.82) is 0 Å². The molecule has 0 aliphatic heterocycles. The van der Waals surface area contributed by atoms with Crippen LogP contribution >= 0.6 is 0 Å². The van der Waals surface area contributed by atoms with Crippen LogP contribution in [0.1, 0.15) is 17.1 Å². The largest absolute Gasteiger partial charge is 0.497 e. The van der Waals surface area contributed by atoms with E-state index in [1.54, 1.807) is 7.11 Å². The van der Waals surface area contributed by atoms with E-state index in [4.69, 9.17) is 4.74 Å². The summed E-state index contributed by atoms with van der Waals surface area (Å²) in [6.07, 6.45) is 2.07. The van der Waals surface area contributed by atoms with Crippen LogP contribution in [0.4, 0.5) is 0 Å². The monoisotopic (exact) mass is 216 g/mol. The average molecular weight is 216 g/mol. The van der Waals surface area contributed by atoms with Gasteiger partial charge in [0.05, 0.1) is 12.8 Å². The van der Waals surface area contributed by atoms with E-state index in [9.17, 15) is 0 Å². The maximum absolute atomic E-state index is 5.13. The maximum atomic E-state index is 5.13. The topological polar surface area (TPSA) is 27.1 Å². The predicted molar refractivity (Wildman–Crippen MR) is 63.8 cm³/mol. The maximum Gasteiger partial charge on any atom is 0.118 e. The third-order valence-corrected chi connectivity index (χ3v) is 2.61. The lowest BCUT2D eigenvalue weighted by atomic mass is 10.2. The Kier molecular flexibility index (Phi) is 2.95. The van der Waals surface area contributed by atoms with Gasteiger partial charge in [-0.2, -0.15) is 0 Å². The van der Waals surface area contributed by atoms with E-state index in [1.807, 2.05) is 26.0 Å². The summed E-state index contributed by atoms with van der Waals surface area (Å²) in [7, 11) is 1.68. The number of methoxy groups -OCH3 is 1. The van der Waals surface area contributed by atoms with E-state index in [-0.39, 0.29) is 0 Å². The van der Waals surface area contributed by atoms with Crippen molar-refractivity contribution in [2.24, 2.45) is 0 Å². The first-order valence-corrected chi connectivity index (χ1v) is 5.32. The zero-order valence-electron chi connectivity index (χ0n) is 9.90. The number of ether oxygens (including phenoxy) is 1. The number of aromatic nitrogens is 2. The van der Waals surface area contributed by atoms with Gasteiger partial charge in [0.25, 0.3) is 0 Å². The summed E-state index contributed by atoms with van der Waals surface area (Å²) in [5, 5.41) is 0. The fourth-order valence-electron chi connectivity index (χ4n) is 1.75. The van der Waals surface area contributed by atoms with E-state index in [0.717, 1.165) is 23.8 Å². The highest BCUT2D eigenvalue weighted by atomic mass is 16.5. The van der Waals surface area contributed by atoms with E-state index in [0.29, 0.717) is 0 Å². The van der Waals surface area contributed by atoms with E-state index in [2.05, 4.69) is 27.9 Å². The molecule has 0 bridgehead atoms. The standard InChI is InChI=1S/C13H16N2O/c1-10-8-15(11(2)14-10)9-12-4-6-13(16-3)7-5-12/h4-8H,9H2,1-3H3. The minimum atomic E-state index is 0.858. The molecule has 2 aromatic rings. The summed E-state index contributed by atoms with van der Waals surface area (Å²) in [4.78, 5) is 4.38. The van der Waals surface area contributed by atoms with Crippen LogP contribution in [0, 0.1) is 13.8 Å². The molecule has 2 rings (SSSR count). The summed E-state index contributed by atoms with van der Waals surface area (Å²) in [5.74, 6) is 1.94. The number of rotatable bonds is 3. The minimum absolute atomic E-state index is 0.858. The van der Waals surface area contributed by atoms with Gasteiger partial charge in [0, 0.05) is 12.7 Å². The van der Waals surface area contributed by atoms with Gasteiger partial charge >= 0.3 is 0 Å². The molecule has 0 spiro atoms. The number of hydrogen-bond donors (Lipinski definition) is 0. The highest BCUT2D eigenvalue weighted by Crippen LogP contribution is 2.13. The Labute approximate surface area is 95.7 Å². The van der Waals surface area contributed by atoms with Crippen LogP contribution < -0.4 is 4.74 Å². The van der Waals surface area contributed by atoms with Crippen LogP contribution in [0.2, 0.25) is 0 Å². The quantitative estimate of drug-likeness (QED) is 0.788. The van der Waals surface area contributed by atoms with Gasteiger partial charge < -0.3 is 9.30 Å². The van der Waals surface area contributed by atoms with Crippen molar-refractivity contribution in [3.63, 3.8) is 0 Å². The molecule has 84 valence electrons. The molecular formula is C13H16N2O. The molecule has 0 saturated carbocycles. The molecule has 0 atom stereocenters. The zero-order valence-corrected chi connectivity index (χ0v) is 9.90. The van der Waals surface area contributed by atoms with Crippen molar-refractivity contribution < 1.29 is 4.74 Å². The number of aryl methyl sites for hydroxylation is 2. The number of benzene rings is 1. The lowest BCUT2D eigenvalue weighted by Crippen LogP contribution is -2.00. The van der Waals surface area contributed by atoms with Gasteiger partial charge in [-0.3, -0.25) is 0 Å². The van der Waals surface area contributed by atoms with Gasteiger partial charge in [-0.05, 0) is 31.5 Å². The molecule has 1 aromatic heterocycles.